The quantitative estimate of drug-likeness (QED) is 0.504. The molecule has 0 N–H and O–H groups in total. The highest BCUT2D eigenvalue weighted by atomic mass is 32.1. The van der Waals surface area contributed by atoms with Gasteiger partial charge in [0.15, 0.2) is 0 Å². The predicted molar refractivity (Wildman–Crippen MR) is 69.9 cm³/mol. The molecule has 4 nitrogen and oxygen atoms in total. The summed E-state index contributed by atoms with van der Waals surface area (Å²) >= 11 is 4.44. The Morgan fingerprint density at radius 3 is 2.35 bits per heavy atom. The van der Waals surface area contributed by atoms with Crippen LogP contribution in [0.5, 0.6) is 0 Å². The lowest BCUT2D eigenvalue weighted by Gasteiger charge is -2.35. The molecule has 0 amide bonds. The second-order valence-corrected chi connectivity index (χ2v) is 4.74. The maximum absolute atomic E-state index is 5.68. The Kier molecular flexibility index (Phi) is 8.22. The van der Waals surface area contributed by atoms with E-state index in [1.165, 1.54) is 0 Å². The number of methoxy groups -OCH3 is 1. The van der Waals surface area contributed by atoms with E-state index in [9.17, 15) is 0 Å². The van der Waals surface area contributed by atoms with Crippen molar-refractivity contribution in [1.82, 2.24) is 0 Å². The summed E-state index contributed by atoms with van der Waals surface area (Å²) < 4.78 is 21.3. The van der Waals surface area contributed by atoms with Gasteiger partial charge in [0, 0.05) is 25.7 Å². The van der Waals surface area contributed by atoms with Crippen LogP contribution in [-0.2, 0) is 18.9 Å². The summed E-state index contributed by atoms with van der Waals surface area (Å²) in [6.07, 6.45) is 2.09. The number of ether oxygens (including phenoxy) is 4. The smallest absolute Gasteiger partial charge is 0.0701 e. The third kappa shape index (κ3) is 6.06. The van der Waals surface area contributed by atoms with Gasteiger partial charge in [0.05, 0.1) is 33.0 Å². The largest absolute Gasteiger partial charge is 0.382 e. The van der Waals surface area contributed by atoms with E-state index in [1.54, 1.807) is 7.11 Å². The van der Waals surface area contributed by atoms with Crippen molar-refractivity contribution >= 4 is 12.6 Å². The lowest BCUT2D eigenvalue weighted by atomic mass is 9.83. The molecule has 0 aromatic rings. The molecule has 0 radical (unpaired) electrons. The molecule has 1 saturated heterocycles. The average Bonchev–Trinajstić information content (AvgIpc) is 2.39. The second kappa shape index (κ2) is 9.16. The molecule has 17 heavy (non-hydrogen) atoms. The molecule has 0 atom stereocenters. The molecule has 5 heteroatoms. The van der Waals surface area contributed by atoms with E-state index in [4.69, 9.17) is 18.9 Å². The van der Waals surface area contributed by atoms with E-state index in [0.29, 0.717) is 26.4 Å². The van der Waals surface area contributed by atoms with E-state index in [1.807, 2.05) is 0 Å². The van der Waals surface area contributed by atoms with Gasteiger partial charge >= 0.3 is 0 Å². The van der Waals surface area contributed by atoms with Crippen molar-refractivity contribution in [2.75, 3.05) is 59.1 Å². The molecule has 0 aromatic carbocycles. The highest BCUT2D eigenvalue weighted by Crippen LogP contribution is 2.31. The Morgan fingerprint density at radius 2 is 1.71 bits per heavy atom. The minimum Gasteiger partial charge on any atom is -0.382 e. The summed E-state index contributed by atoms with van der Waals surface area (Å²) in [5, 5.41) is 0. The number of hydrogen-bond donors (Lipinski definition) is 1. The molecule has 1 fully saturated rings. The van der Waals surface area contributed by atoms with E-state index in [-0.39, 0.29) is 5.41 Å². The van der Waals surface area contributed by atoms with Crippen LogP contribution in [0.2, 0.25) is 0 Å². The minimum absolute atomic E-state index is 0.202. The van der Waals surface area contributed by atoms with Gasteiger partial charge in [-0.15, -0.1) is 0 Å². The summed E-state index contributed by atoms with van der Waals surface area (Å²) in [6, 6.07) is 0. The minimum atomic E-state index is 0.202. The molecule has 0 bridgehead atoms. The van der Waals surface area contributed by atoms with Crippen molar-refractivity contribution in [3.05, 3.63) is 0 Å². The van der Waals surface area contributed by atoms with E-state index in [0.717, 1.165) is 38.4 Å². The predicted octanol–water partition coefficient (Wildman–Crippen LogP) is 1.39. The van der Waals surface area contributed by atoms with Crippen molar-refractivity contribution in [3.63, 3.8) is 0 Å². The molecular weight excluding hydrogens is 240 g/mol. The fourth-order valence-electron chi connectivity index (χ4n) is 1.80. The summed E-state index contributed by atoms with van der Waals surface area (Å²) in [5.41, 5.74) is 0.202. The van der Waals surface area contributed by atoms with Gasteiger partial charge in [-0.2, -0.15) is 12.6 Å². The summed E-state index contributed by atoms with van der Waals surface area (Å²) in [7, 11) is 1.67. The number of thiol groups is 1. The van der Waals surface area contributed by atoms with Crippen molar-refractivity contribution in [2.24, 2.45) is 5.41 Å². The van der Waals surface area contributed by atoms with Gasteiger partial charge in [0.2, 0.25) is 0 Å². The first-order chi connectivity index (χ1) is 8.33. The number of hydrogen-bond acceptors (Lipinski definition) is 5. The number of rotatable bonds is 9. The third-order valence-corrected chi connectivity index (χ3v) is 3.77. The first-order valence-corrected chi connectivity index (χ1v) is 6.79. The summed E-state index contributed by atoms with van der Waals surface area (Å²) in [4.78, 5) is 0. The zero-order valence-electron chi connectivity index (χ0n) is 10.7. The molecule has 1 aliphatic rings. The van der Waals surface area contributed by atoms with Crippen molar-refractivity contribution in [1.29, 1.82) is 0 Å². The third-order valence-electron chi connectivity index (χ3n) is 3.10. The van der Waals surface area contributed by atoms with E-state index in [2.05, 4.69) is 12.6 Å². The van der Waals surface area contributed by atoms with E-state index < -0.39 is 0 Å². The normalized spacial score (nSPS) is 19.4. The fraction of sp³-hybridized carbons (Fsp3) is 1.00. The lowest BCUT2D eigenvalue weighted by molar-refractivity contribution is -0.0420. The summed E-state index contributed by atoms with van der Waals surface area (Å²) in [5.74, 6) is 0.862. The molecule has 0 aliphatic carbocycles. The van der Waals surface area contributed by atoms with Gasteiger partial charge in [0.25, 0.3) is 0 Å². The van der Waals surface area contributed by atoms with E-state index >= 15 is 0 Å². The van der Waals surface area contributed by atoms with Crippen molar-refractivity contribution < 1.29 is 18.9 Å². The molecule has 1 heterocycles. The highest BCUT2D eigenvalue weighted by Gasteiger charge is 2.31. The van der Waals surface area contributed by atoms with Gasteiger partial charge in [-0.1, -0.05) is 0 Å². The Hall–Kier alpha value is 0.190. The Bertz CT molecular complexity index is 183. The van der Waals surface area contributed by atoms with Crippen LogP contribution in [0.25, 0.3) is 0 Å². The van der Waals surface area contributed by atoms with Crippen LogP contribution in [0.1, 0.15) is 12.8 Å². The maximum Gasteiger partial charge on any atom is 0.0701 e. The zero-order valence-corrected chi connectivity index (χ0v) is 11.5. The zero-order chi connectivity index (χ0) is 12.4. The van der Waals surface area contributed by atoms with Crippen LogP contribution in [-0.4, -0.2) is 59.1 Å². The van der Waals surface area contributed by atoms with Crippen LogP contribution in [0.3, 0.4) is 0 Å². The summed E-state index contributed by atoms with van der Waals surface area (Å²) in [6.45, 7) is 4.95. The van der Waals surface area contributed by atoms with Gasteiger partial charge in [-0.05, 0) is 18.6 Å². The SMILES string of the molecule is COCCOCCOCC1(CS)CCOCC1. The van der Waals surface area contributed by atoms with Gasteiger partial charge < -0.3 is 18.9 Å². The van der Waals surface area contributed by atoms with Gasteiger partial charge in [-0.25, -0.2) is 0 Å². The molecule has 102 valence electrons. The first kappa shape index (κ1) is 15.2. The van der Waals surface area contributed by atoms with Crippen molar-refractivity contribution in [2.45, 2.75) is 12.8 Å². The van der Waals surface area contributed by atoms with Crippen LogP contribution in [0.4, 0.5) is 0 Å². The Balaban J connectivity index is 2.03. The molecular formula is C12H24O4S. The Labute approximate surface area is 109 Å². The van der Waals surface area contributed by atoms with Crippen LogP contribution in [0.15, 0.2) is 0 Å². The van der Waals surface area contributed by atoms with Gasteiger partial charge in [0.1, 0.15) is 0 Å². The molecule has 0 aromatic heterocycles. The molecule has 0 saturated carbocycles. The second-order valence-electron chi connectivity index (χ2n) is 4.43. The topological polar surface area (TPSA) is 36.9 Å². The van der Waals surface area contributed by atoms with Crippen molar-refractivity contribution in [3.8, 4) is 0 Å². The average molecular weight is 264 g/mol. The van der Waals surface area contributed by atoms with Gasteiger partial charge in [-0.3, -0.25) is 0 Å². The molecule has 1 rings (SSSR count). The van der Waals surface area contributed by atoms with Crippen LogP contribution in [0, 0.1) is 5.41 Å². The monoisotopic (exact) mass is 264 g/mol. The molecule has 0 unspecified atom stereocenters. The standard InChI is InChI=1S/C12H24O4S/c1-13-6-7-15-8-9-16-10-12(11-17)2-4-14-5-3-12/h17H,2-11H2,1H3. The Morgan fingerprint density at radius 1 is 1.06 bits per heavy atom. The highest BCUT2D eigenvalue weighted by molar-refractivity contribution is 7.80. The molecule has 0 spiro atoms. The van der Waals surface area contributed by atoms with Crippen LogP contribution >= 0.6 is 12.6 Å². The van der Waals surface area contributed by atoms with Crippen LogP contribution < -0.4 is 0 Å². The maximum atomic E-state index is 5.68. The fourth-order valence-corrected chi connectivity index (χ4v) is 2.21. The molecule has 1 aliphatic heterocycles. The first-order valence-electron chi connectivity index (χ1n) is 6.16. The lowest BCUT2D eigenvalue weighted by Crippen LogP contribution is -2.36.